The first-order chi connectivity index (χ1) is 10.1. The van der Waals surface area contributed by atoms with E-state index < -0.39 is 0 Å². The van der Waals surface area contributed by atoms with Gasteiger partial charge in [0.15, 0.2) is 11.5 Å². The fraction of sp³-hybridized carbons (Fsp3) is 0.533. The van der Waals surface area contributed by atoms with E-state index in [4.69, 9.17) is 10.5 Å². The zero-order valence-electron chi connectivity index (χ0n) is 12.4. The van der Waals surface area contributed by atoms with Gasteiger partial charge >= 0.3 is 0 Å². The standard InChI is InChI=1S/C15H21N5O/c1-10(2)6-7-11-18-14(16)13-15(19-11)20(9-17-13)12-5-3-4-8-21-12/h9,12H,1,3-8H2,2H3,(H2,16,18,19). The van der Waals surface area contributed by atoms with Crippen molar-refractivity contribution >= 4 is 17.0 Å². The van der Waals surface area contributed by atoms with Crippen LogP contribution in [0.2, 0.25) is 0 Å². The molecule has 0 radical (unpaired) electrons. The SMILES string of the molecule is C=C(C)CCc1nc(N)c2ncn(C3CCCCO3)c2n1. The number of allylic oxidation sites excluding steroid dienone is 1. The second-order valence-corrected chi connectivity index (χ2v) is 5.63. The van der Waals surface area contributed by atoms with Crippen molar-refractivity contribution in [1.82, 2.24) is 19.5 Å². The van der Waals surface area contributed by atoms with Crippen molar-refractivity contribution < 1.29 is 4.74 Å². The number of fused-ring (bicyclic) bond motifs is 1. The number of nitrogens with two attached hydrogens (primary N) is 1. The largest absolute Gasteiger partial charge is 0.382 e. The number of ether oxygens (including phenoxy) is 1. The lowest BCUT2D eigenvalue weighted by atomic mass is 10.2. The molecule has 1 aliphatic rings. The molecule has 2 aromatic heterocycles. The molecule has 0 aliphatic carbocycles. The Morgan fingerprint density at radius 2 is 2.33 bits per heavy atom. The minimum Gasteiger partial charge on any atom is -0.382 e. The Morgan fingerprint density at radius 1 is 1.48 bits per heavy atom. The van der Waals surface area contributed by atoms with Gasteiger partial charge in [-0.3, -0.25) is 4.57 Å². The van der Waals surface area contributed by atoms with Crippen LogP contribution >= 0.6 is 0 Å². The molecule has 0 bridgehead atoms. The van der Waals surface area contributed by atoms with Crippen molar-refractivity contribution in [1.29, 1.82) is 0 Å². The number of hydrogen-bond acceptors (Lipinski definition) is 5. The van der Waals surface area contributed by atoms with Gasteiger partial charge in [0, 0.05) is 13.0 Å². The highest BCUT2D eigenvalue weighted by Crippen LogP contribution is 2.27. The lowest BCUT2D eigenvalue weighted by Gasteiger charge is -2.23. The van der Waals surface area contributed by atoms with E-state index in [1.165, 1.54) is 0 Å². The van der Waals surface area contributed by atoms with Crippen LogP contribution in [0.5, 0.6) is 0 Å². The summed E-state index contributed by atoms with van der Waals surface area (Å²) >= 11 is 0. The van der Waals surface area contributed by atoms with Gasteiger partial charge in [0.25, 0.3) is 0 Å². The number of nitrogens with zero attached hydrogens (tertiary/aromatic N) is 4. The zero-order chi connectivity index (χ0) is 14.8. The predicted molar refractivity (Wildman–Crippen MR) is 81.7 cm³/mol. The molecule has 21 heavy (non-hydrogen) atoms. The number of aryl methyl sites for hydroxylation is 1. The lowest BCUT2D eigenvalue weighted by molar-refractivity contribution is -0.0298. The van der Waals surface area contributed by atoms with E-state index in [-0.39, 0.29) is 6.23 Å². The topological polar surface area (TPSA) is 78.8 Å². The van der Waals surface area contributed by atoms with Gasteiger partial charge in [-0.25, -0.2) is 15.0 Å². The highest BCUT2D eigenvalue weighted by atomic mass is 16.5. The summed E-state index contributed by atoms with van der Waals surface area (Å²) in [6, 6.07) is 0. The molecule has 6 heteroatoms. The lowest BCUT2D eigenvalue weighted by Crippen LogP contribution is -2.18. The summed E-state index contributed by atoms with van der Waals surface area (Å²) in [7, 11) is 0. The summed E-state index contributed by atoms with van der Waals surface area (Å²) in [5, 5.41) is 0. The first-order valence-corrected chi connectivity index (χ1v) is 7.40. The van der Waals surface area contributed by atoms with Gasteiger partial charge in [-0.2, -0.15) is 0 Å². The van der Waals surface area contributed by atoms with Crippen LogP contribution in [0.1, 0.15) is 44.7 Å². The highest BCUT2D eigenvalue weighted by molar-refractivity contribution is 5.81. The first-order valence-electron chi connectivity index (χ1n) is 7.40. The maximum absolute atomic E-state index is 6.02. The molecule has 3 heterocycles. The maximum Gasteiger partial charge on any atom is 0.167 e. The third-order valence-corrected chi connectivity index (χ3v) is 3.74. The fourth-order valence-electron chi connectivity index (χ4n) is 2.58. The number of hydrogen-bond donors (Lipinski definition) is 1. The first kappa shape index (κ1) is 14.0. The minimum atomic E-state index is 0.00652. The summed E-state index contributed by atoms with van der Waals surface area (Å²) in [4.78, 5) is 13.3. The quantitative estimate of drug-likeness (QED) is 0.874. The van der Waals surface area contributed by atoms with Crippen LogP contribution in [-0.4, -0.2) is 26.1 Å². The molecule has 2 N–H and O–H groups in total. The molecule has 1 saturated heterocycles. The number of imidazole rings is 1. The average molecular weight is 287 g/mol. The van der Waals surface area contributed by atoms with Gasteiger partial charge in [-0.15, -0.1) is 6.58 Å². The van der Waals surface area contributed by atoms with Gasteiger partial charge in [0.2, 0.25) is 0 Å². The Hall–Kier alpha value is -1.95. The van der Waals surface area contributed by atoms with Gasteiger partial charge in [-0.05, 0) is 32.6 Å². The molecular weight excluding hydrogens is 266 g/mol. The van der Waals surface area contributed by atoms with Crippen molar-refractivity contribution in [2.24, 2.45) is 0 Å². The van der Waals surface area contributed by atoms with Crippen molar-refractivity contribution in [2.45, 2.75) is 45.3 Å². The molecular formula is C15H21N5O. The van der Waals surface area contributed by atoms with E-state index in [2.05, 4.69) is 21.5 Å². The maximum atomic E-state index is 6.02. The van der Waals surface area contributed by atoms with Crippen LogP contribution in [0.15, 0.2) is 18.5 Å². The van der Waals surface area contributed by atoms with Crippen molar-refractivity contribution in [3.05, 3.63) is 24.3 Å². The fourth-order valence-corrected chi connectivity index (χ4v) is 2.58. The Bertz CT molecular complexity index is 657. The molecule has 2 aromatic rings. The Balaban J connectivity index is 1.96. The van der Waals surface area contributed by atoms with Crippen LogP contribution < -0.4 is 5.73 Å². The monoisotopic (exact) mass is 287 g/mol. The smallest absolute Gasteiger partial charge is 0.167 e. The van der Waals surface area contributed by atoms with Crippen LogP contribution in [0.4, 0.5) is 5.82 Å². The molecule has 1 aliphatic heterocycles. The zero-order valence-corrected chi connectivity index (χ0v) is 12.4. The minimum absolute atomic E-state index is 0.00652. The average Bonchev–Trinajstić information content (AvgIpc) is 2.90. The molecule has 6 nitrogen and oxygen atoms in total. The predicted octanol–water partition coefficient (Wildman–Crippen LogP) is 2.62. The highest BCUT2D eigenvalue weighted by Gasteiger charge is 2.20. The summed E-state index contributed by atoms with van der Waals surface area (Å²) < 4.78 is 7.80. The van der Waals surface area contributed by atoms with Crippen LogP contribution in [-0.2, 0) is 11.2 Å². The van der Waals surface area contributed by atoms with E-state index in [9.17, 15) is 0 Å². The molecule has 1 unspecified atom stereocenters. The number of anilines is 1. The molecule has 112 valence electrons. The summed E-state index contributed by atoms with van der Waals surface area (Å²) in [5.41, 5.74) is 8.55. The second-order valence-electron chi connectivity index (χ2n) is 5.63. The van der Waals surface area contributed by atoms with Crippen LogP contribution in [0.3, 0.4) is 0 Å². The number of aromatic nitrogens is 4. The van der Waals surface area contributed by atoms with Gasteiger partial charge in [0.05, 0.1) is 6.33 Å². The van der Waals surface area contributed by atoms with Crippen LogP contribution in [0, 0.1) is 0 Å². The summed E-state index contributed by atoms with van der Waals surface area (Å²) in [6.07, 6.45) is 6.62. The molecule has 0 aromatic carbocycles. The second kappa shape index (κ2) is 5.81. The number of nitrogen functional groups attached to an aromatic ring is 1. The Labute approximate surface area is 124 Å². The molecule has 1 atom stereocenters. The van der Waals surface area contributed by atoms with Gasteiger partial charge in [0.1, 0.15) is 17.6 Å². The molecule has 0 spiro atoms. The molecule has 3 rings (SSSR count). The van der Waals surface area contributed by atoms with E-state index in [1.807, 2.05) is 11.5 Å². The Kier molecular flexibility index (Phi) is 3.88. The summed E-state index contributed by atoms with van der Waals surface area (Å²) in [6.45, 7) is 6.70. The third kappa shape index (κ3) is 2.90. The van der Waals surface area contributed by atoms with Crippen molar-refractivity contribution in [3.63, 3.8) is 0 Å². The van der Waals surface area contributed by atoms with Crippen molar-refractivity contribution in [2.75, 3.05) is 12.3 Å². The van der Waals surface area contributed by atoms with E-state index in [1.54, 1.807) is 6.33 Å². The Morgan fingerprint density at radius 3 is 3.05 bits per heavy atom. The number of rotatable bonds is 4. The molecule has 1 fully saturated rings. The third-order valence-electron chi connectivity index (χ3n) is 3.74. The van der Waals surface area contributed by atoms with Crippen LogP contribution in [0.25, 0.3) is 11.2 Å². The normalized spacial score (nSPS) is 19.0. The van der Waals surface area contributed by atoms with Gasteiger partial charge < -0.3 is 10.5 Å². The molecule has 0 saturated carbocycles. The van der Waals surface area contributed by atoms with Crippen molar-refractivity contribution in [3.8, 4) is 0 Å². The summed E-state index contributed by atoms with van der Waals surface area (Å²) in [5.74, 6) is 1.17. The van der Waals surface area contributed by atoms with E-state index in [0.29, 0.717) is 11.3 Å². The van der Waals surface area contributed by atoms with E-state index in [0.717, 1.165) is 55.8 Å². The van der Waals surface area contributed by atoms with Gasteiger partial charge in [-0.1, -0.05) is 5.57 Å². The van der Waals surface area contributed by atoms with E-state index >= 15 is 0 Å². The molecule has 0 amide bonds.